The van der Waals surface area contributed by atoms with E-state index in [0.717, 1.165) is 19.3 Å². The molecular weight excluding hydrogens is 302 g/mol. The van der Waals surface area contributed by atoms with Gasteiger partial charge in [-0.3, -0.25) is 14.4 Å². The highest BCUT2D eigenvalue weighted by Gasteiger charge is 2.41. The molecule has 3 rings (SSSR count). The van der Waals surface area contributed by atoms with Crippen molar-refractivity contribution in [3.05, 3.63) is 11.1 Å². The van der Waals surface area contributed by atoms with Crippen LogP contribution in [0.5, 0.6) is 0 Å². The first-order chi connectivity index (χ1) is 10.5. The number of nitrogens with one attached hydrogen (secondary N) is 1. The Labute approximate surface area is 132 Å². The predicted octanol–water partition coefficient (Wildman–Crippen LogP) is 1.50. The van der Waals surface area contributed by atoms with Crippen molar-refractivity contribution in [2.75, 3.05) is 5.32 Å². The second-order valence-corrected chi connectivity index (χ2v) is 7.03. The number of aromatic nitrogens is 1. The zero-order valence-corrected chi connectivity index (χ0v) is 13.0. The summed E-state index contributed by atoms with van der Waals surface area (Å²) in [5.41, 5.74) is 5.70. The fourth-order valence-corrected chi connectivity index (χ4v) is 4.24. The van der Waals surface area contributed by atoms with E-state index in [1.807, 2.05) is 0 Å². The zero-order valence-electron chi connectivity index (χ0n) is 12.2. The van der Waals surface area contributed by atoms with Crippen molar-refractivity contribution < 1.29 is 14.4 Å². The van der Waals surface area contributed by atoms with E-state index in [2.05, 4.69) is 10.3 Å². The van der Waals surface area contributed by atoms with Gasteiger partial charge in [-0.2, -0.15) is 0 Å². The minimum Gasteiger partial charge on any atom is -0.369 e. The first kappa shape index (κ1) is 15.1. The van der Waals surface area contributed by atoms with E-state index in [0.29, 0.717) is 29.5 Å². The van der Waals surface area contributed by atoms with Gasteiger partial charge in [-0.1, -0.05) is 6.42 Å². The number of hydrogen-bond acceptors (Lipinski definition) is 5. The minimum absolute atomic E-state index is 0.0602. The van der Waals surface area contributed by atoms with Crippen molar-refractivity contribution in [1.29, 1.82) is 0 Å². The predicted molar refractivity (Wildman–Crippen MR) is 82.2 cm³/mol. The van der Waals surface area contributed by atoms with Crippen molar-refractivity contribution in [2.45, 2.75) is 38.5 Å². The van der Waals surface area contributed by atoms with Crippen LogP contribution in [0.15, 0.2) is 5.38 Å². The maximum atomic E-state index is 12.4. The van der Waals surface area contributed by atoms with Gasteiger partial charge in [0.2, 0.25) is 11.8 Å². The lowest BCUT2D eigenvalue weighted by Crippen LogP contribution is -2.40. The first-order valence-corrected chi connectivity index (χ1v) is 8.48. The van der Waals surface area contributed by atoms with Crippen LogP contribution in [0.4, 0.5) is 5.13 Å². The Kier molecular flexibility index (Phi) is 4.24. The highest BCUT2D eigenvalue weighted by molar-refractivity contribution is 7.13. The highest BCUT2D eigenvalue weighted by atomic mass is 32.1. The van der Waals surface area contributed by atoms with Gasteiger partial charge in [0.15, 0.2) is 5.13 Å². The second-order valence-electron chi connectivity index (χ2n) is 6.17. The van der Waals surface area contributed by atoms with E-state index in [9.17, 15) is 14.4 Å². The molecule has 0 spiro atoms. The molecule has 0 aliphatic heterocycles. The van der Waals surface area contributed by atoms with Crippen LogP contribution in [0.3, 0.4) is 0 Å². The Hall–Kier alpha value is -1.76. The number of carbonyl (C=O) groups is 3. The summed E-state index contributed by atoms with van der Waals surface area (Å²) < 4.78 is 0. The van der Waals surface area contributed by atoms with E-state index in [4.69, 9.17) is 5.73 Å². The molecule has 2 amide bonds. The monoisotopic (exact) mass is 321 g/mol. The van der Waals surface area contributed by atoms with Gasteiger partial charge in [-0.05, 0) is 25.7 Å². The molecule has 2 aliphatic rings. The van der Waals surface area contributed by atoms with E-state index in [1.54, 1.807) is 5.38 Å². The number of fused-ring (bicyclic) bond motifs is 2. The van der Waals surface area contributed by atoms with E-state index >= 15 is 0 Å². The molecule has 1 aromatic rings. The molecule has 3 atom stereocenters. The van der Waals surface area contributed by atoms with Crippen molar-refractivity contribution in [3.8, 4) is 0 Å². The molecule has 22 heavy (non-hydrogen) atoms. The number of primary amides is 1. The number of hydrogen-bond donors (Lipinski definition) is 2. The Balaban J connectivity index is 1.61. The van der Waals surface area contributed by atoms with Crippen molar-refractivity contribution in [3.63, 3.8) is 0 Å². The first-order valence-electron chi connectivity index (χ1n) is 7.60. The minimum atomic E-state index is -0.443. The van der Waals surface area contributed by atoms with Crippen molar-refractivity contribution in [2.24, 2.45) is 23.5 Å². The molecule has 118 valence electrons. The van der Waals surface area contributed by atoms with E-state index in [1.165, 1.54) is 11.3 Å². The maximum Gasteiger partial charge on any atom is 0.229 e. The average Bonchev–Trinajstić information content (AvgIpc) is 2.84. The molecule has 6 nitrogen and oxygen atoms in total. The van der Waals surface area contributed by atoms with Crippen LogP contribution in [0.2, 0.25) is 0 Å². The van der Waals surface area contributed by atoms with Gasteiger partial charge >= 0.3 is 0 Å². The molecular formula is C15H19N3O3S. The fourth-order valence-electron chi connectivity index (χ4n) is 3.53. The summed E-state index contributed by atoms with van der Waals surface area (Å²) in [6.07, 6.45) is 4.31. The summed E-state index contributed by atoms with van der Waals surface area (Å²) >= 11 is 1.29. The zero-order chi connectivity index (χ0) is 15.7. The number of nitrogens with two attached hydrogens (primary N) is 1. The molecule has 0 saturated heterocycles. The van der Waals surface area contributed by atoms with Gasteiger partial charge in [0.05, 0.1) is 12.1 Å². The highest BCUT2D eigenvalue weighted by Crippen LogP contribution is 2.40. The lowest BCUT2D eigenvalue weighted by Gasteiger charge is -2.36. The quantitative estimate of drug-likeness (QED) is 0.877. The van der Waals surface area contributed by atoms with Crippen LogP contribution in [0.1, 0.15) is 37.8 Å². The van der Waals surface area contributed by atoms with E-state index in [-0.39, 0.29) is 30.1 Å². The topological polar surface area (TPSA) is 102 Å². The average molecular weight is 321 g/mol. The van der Waals surface area contributed by atoms with Gasteiger partial charge in [0.25, 0.3) is 0 Å². The Morgan fingerprint density at radius 3 is 2.64 bits per heavy atom. The molecule has 7 heteroatoms. The Bertz CT molecular complexity index is 597. The molecule has 1 unspecified atom stereocenters. The van der Waals surface area contributed by atoms with Crippen molar-refractivity contribution in [1.82, 2.24) is 4.98 Å². The van der Waals surface area contributed by atoms with Gasteiger partial charge in [-0.15, -0.1) is 11.3 Å². The van der Waals surface area contributed by atoms with E-state index < -0.39 is 5.91 Å². The number of amides is 2. The summed E-state index contributed by atoms with van der Waals surface area (Å²) in [7, 11) is 0. The third-order valence-corrected chi connectivity index (χ3v) is 5.36. The number of nitrogens with zero attached hydrogens (tertiary/aromatic N) is 1. The van der Waals surface area contributed by atoms with Crippen LogP contribution in [-0.4, -0.2) is 22.6 Å². The number of thiazole rings is 1. The lowest BCUT2D eigenvalue weighted by molar-refractivity contribution is -0.136. The summed E-state index contributed by atoms with van der Waals surface area (Å²) in [4.78, 5) is 39.5. The number of rotatable bonds is 4. The third-order valence-electron chi connectivity index (χ3n) is 4.56. The van der Waals surface area contributed by atoms with Gasteiger partial charge in [0, 0.05) is 23.1 Å². The summed E-state index contributed by atoms with van der Waals surface area (Å²) in [6.45, 7) is 0. The standard InChI is InChI=1S/C15H19N3O3S/c16-12(19)6-11-7-22-15(17-11)18-14(21)10-4-8-2-1-3-9(5-10)13(8)20/h7-10H,1-6H2,(H2,16,19)(H,17,18,21)/t8-,9+,10?. The molecule has 0 aromatic carbocycles. The SMILES string of the molecule is NC(=O)Cc1csc(NC(=O)C2C[C@H]3CCC[C@@H](C2)C3=O)n1. The smallest absolute Gasteiger partial charge is 0.229 e. The van der Waals surface area contributed by atoms with Crippen LogP contribution in [0.25, 0.3) is 0 Å². The number of anilines is 1. The lowest BCUT2D eigenvalue weighted by atomic mass is 9.67. The molecule has 2 saturated carbocycles. The summed E-state index contributed by atoms with van der Waals surface area (Å²) in [6, 6.07) is 0. The normalized spacial score (nSPS) is 27.5. The molecule has 2 aliphatic carbocycles. The van der Waals surface area contributed by atoms with Crippen LogP contribution < -0.4 is 11.1 Å². The van der Waals surface area contributed by atoms with Crippen LogP contribution in [-0.2, 0) is 20.8 Å². The molecule has 0 radical (unpaired) electrons. The van der Waals surface area contributed by atoms with Gasteiger partial charge in [-0.25, -0.2) is 4.98 Å². The van der Waals surface area contributed by atoms with Crippen molar-refractivity contribution >= 4 is 34.1 Å². The molecule has 1 aromatic heterocycles. The summed E-state index contributed by atoms with van der Waals surface area (Å²) in [5.74, 6) is -0.147. The Morgan fingerprint density at radius 2 is 2.00 bits per heavy atom. The Morgan fingerprint density at radius 1 is 1.32 bits per heavy atom. The maximum absolute atomic E-state index is 12.4. The largest absolute Gasteiger partial charge is 0.369 e. The number of ketones is 1. The number of Topliss-reactive ketones (excluding diaryl/α,β-unsaturated/α-hetero) is 1. The fraction of sp³-hybridized carbons (Fsp3) is 0.600. The molecule has 1 heterocycles. The molecule has 2 fully saturated rings. The van der Waals surface area contributed by atoms with Gasteiger partial charge in [0.1, 0.15) is 5.78 Å². The van der Waals surface area contributed by atoms with Gasteiger partial charge < -0.3 is 11.1 Å². The van der Waals surface area contributed by atoms with Crippen LogP contribution in [0, 0.1) is 17.8 Å². The summed E-state index contributed by atoms with van der Waals surface area (Å²) in [5, 5.41) is 5.03. The third kappa shape index (κ3) is 3.19. The molecule has 3 N–H and O–H groups in total. The second kappa shape index (κ2) is 6.16. The number of carbonyl (C=O) groups excluding carboxylic acids is 3. The molecule has 2 bridgehead atoms. The van der Waals surface area contributed by atoms with Crippen LogP contribution >= 0.6 is 11.3 Å².